The first kappa shape index (κ1) is 12.6. The lowest BCUT2D eigenvalue weighted by Gasteiger charge is -2.20. The molecule has 4 heteroatoms. The molecule has 0 atom stereocenters. The highest BCUT2D eigenvalue weighted by molar-refractivity contribution is 5.94. The van der Waals surface area contributed by atoms with Gasteiger partial charge >= 0.3 is 0 Å². The highest BCUT2D eigenvalue weighted by Gasteiger charge is 2.17. The number of benzene rings is 1. The summed E-state index contributed by atoms with van der Waals surface area (Å²) in [6.45, 7) is 4.86. The van der Waals surface area contributed by atoms with E-state index in [2.05, 4.69) is 0 Å². The van der Waals surface area contributed by atoms with Gasteiger partial charge in [-0.05, 0) is 25.5 Å². The molecule has 1 aromatic carbocycles. The summed E-state index contributed by atoms with van der Waals surface area (Å²) in [6.07, 6.45) is 0.808. The summed E-state index contributed by atoms with van der Waals surface area (Å²) in [7, 11) is 0. The molecule has 1 aromatic rings. The van der Waals surface area contributed by atoms with Crippen LogP contribution in [-0.4, -0.2) is 23.9 Å². The second kappa shape index (κ2) is 5.58. The molecule has 0 bridgehead atoms. The van der Waals surface area contributed by atoms with Gasteiger partial charge in [0.1, 0.15) is 11.6 Å². The second-order valence-electron chi connectivity index (χ2n) is 3.51. The third kappa shape index (κ3) is 2.78. The average molecular weight is 227 g/mol. The topological polar surface area (TPSA) is 20.3 Å². The third-order valence-electron chi connectivity index (χ3n) is 2.32. The molecule has 0 unspecified atom stereocenters. The van der Waals surface area contributed by atoms with Crippen molar-refractivity contribution >= 4 is 5.91 Å². The van der Waals surface area contributed by atoms with Gasteiger partial charge in [0, 0.05) is 19.2 Å². The Balaban J connectivity index is 2.94. The summed E-state index contributed by atoms with van der Waals surface area (Å²) < 4.78 is 26.0. The van der Waals surface area contributed by atoms with Crippen molar-refractivity contribution in [2.45, 2.75) is 20.3 Å². The molecule has 0 radical (unpaired) electrons. The molecule has 0 spiro atoms. The number of hydrogen-bond donors (Lipinski definition) is 0. The van der Waals surface area contributed by atoms with E-state index < -0.39 is 11.6 Å². The molecule has 2 nitrogen and oxygen atoms in total. The minimum Gasteiger partial charge on any atom is -0.339 e. The van der Waals surface area contributed by atoms with E-state index in [-0.39, 0.29) is 11.5 Å². The van der Waals surface area contributed by atoms with Crippen molar-refractivity contribution in [1.29, 1.82) is 0 Å². The van der Waals surface area contributed by atoms with Gasteiger partial charge < -0.3 is 4.90 Å². The van der Waals surface area contributed by atoms with Gasteiger partial charge in [-0.1, -0.05) is 6.92 Å². The van der Waals surface area contributed by atoms with Crippen molar-refractivity contribution in [3.05, 3.63) is 35.4 Å². The molecule has 16 heavy (non-hydrogen) atoms. The van der Waals surface area contributed by atoms with Crippen LogP contribution in [-0.2, 0) is 0 Å². The monoisotopic (exact) mass is 227 g/mol. The summed E-state index contributed by atoms with van der Waals surface area (Å²) >= 11 is 0. The zero-order valence-electron chi connectivity index (χ0n) is 9.46. The first-order chi connectivity index (χ1) is 7.60. The minimum absolute atomic E-state index is 0.0725. The van der Waals surface area contributed by atoms with Crippen LogP contribution in [0.5, 0.6) is 0 Å². The maximum absolute atomic E-state index is 13.4. The van der Waals surface area contributed by atoms with Gasteiger partial charge in [0.25, 0.3) is 5.91 Å². The van der Waals surface area contributed by atoms with E-state index in [1.165, 1.54) is 11.0 Å². The quantitative estimate of drug-likeness (QED) is 0.774. The average Bonchev–Trinajstić information content (AvgIpc) is 2.25. The molecule has 0 fully saturated rings. The lowest BCUT2D eigenvalue weighted by Crippen LogP contribution is -2.32. The zero-order valence-corrected chi connectivity index (χ0v) is 9.46. The van der Waals surface area contributed by atoms with Gasteiger partial charge in [0.15, 0.2) is 0 Å². The lowest BCUT2D eigenvalue weighted by molar-refractivity contribution is 0.0759. The molecular weight excluding hydrogens is 212 g/mol. The van der Waals surface area contributed by atoms with Crippen LogP contribution in [0.1, 0.15) is 30.6 Å². The fourth-order valence-corrected chi connectivity index (χ4v) is 1.51. The molecule has 0 aliphatic carbocycles. The van der Waals surface area contributed by atoms with Crippen molar-refractivity contribution in [2.24, 2.45) is 0 Å². The van der Waals surface area contributed by atoms with E-state index in [1.807, 2.05) is 13.8 Å². The first-order valence-electron chi connectivity index (χ1n) is 5.34. The molecule has 1 rings (SSSR count). The molecule has 1 amide bonds. The summed E-state index contributed by atoms with van der Waals surface area (Å²) in [5.74, 6) is -1.87. The van der Waals surface area contributed by atoms with Crippen LogP contribution in [0.4, 0.5) is 8.78 Å². The molecule has 88 valence electrons. The zero-order chi connectivity index (χ0) is 12.1. The van der Waals surface area contributed by atoms with E-state index in [9.17, 15) is 13.6 Å². The summed E-state index contributed by atoms with van der Waals surface area (Å²) in [5, 5.41) is 0. The van der Waals surface area contributed by atoms with Crippen molar-refractivity contribution in [3.63, 3.8) is 0 Å². The number of halogens is 2. The van der Waals surface area contributed by atoms with Crippen LogP contribution >= 0.6 is 0 Å². The van der Waals surface area contributed by atoms with E-state index in [4.69, 9.17) is 0 Å². The number of amides is 1. The molecule has 0 aromatic heterocycles. The number of carbonyl (C=O) groups excluding carboxylic acids is 1. The van der Waals surface area contributed by atoms with Gasteiger partial charge in [-0.2, -0.15) is 0 Å². The Morgan fingerprint density at radius 1 is 1.31 bits per heavy atom. The standard InChI is InChI=1S/C12H15F2NO/c1-3-7-15(4-2)12(16)10-6-5-9(13)8-11(10)14/h5-6,8H,3-4,7H2,1-2H3. The van der Waals surface area contributed by atoms with Crippen LogP contribution < -0.4 is 0 Å². The van der Waals surface area contributed by atoms with E-state index in [0.717, 1.165) is 18.6 Å². The predicted molar refractivity (Wildman–Crippen MR) is 58.2 cm³/mol. The highest BCUT2D eigenvalue weighted by atomic mass is 19.1. The van der Waals surface area contributed by atoms with Gasteiger partial charge in [-0.3, -0.25) is 4.79 Å². The molecule has 0 heterocycles. The summed E-state index contributed by atoms with van der Waals surface area (Å²) in [6, 6.07) is 3.01. The van der Waals surface area contributed by atoms with Crippen molar-refractivity contribution in [2.75, 3.05) is 13.1 Å². The maximum atomic E-state index is 13.4. The largest absolute Gasteiger partial charge is 0.339 e. The fraction of sp³-hybridized carbons (Fsp3) is 0.417. The third-order valence-corrected chi connectivity index (χ3v) is 2.32. The van der Waals surface area contributed by atoms with Crippen molar-refractivity contribution < 1.29 is 13.6 Å². The van der Waals surface area contributed by atoms with E-state index >= 15 is 0 Å². The Morgan fingerprint density at radius 2 is 2.00 bits per heavy atom. The van der Waals surface area contributed by atoms with Crippen LogP contribution in [0.25, 0.3) is 0 Å². The molecule has 0 aliphatic rings. The van der Waals surface area contributed by atoms with E-state index in [1.54, 1.807) is 0 Å². The fourth-order valence-electron chi connectivity index (χ4n) is 1.51. The van der Waals surface area contributed by atoms with Gasteiger partial charge in [-0.25, -0.2) is 8.78 Å². The molecule has 0 aliphatic heterocycles. The maximum Gasteiger partial charge on any atom is 0.256 e. The number of rotatable bonds is 4. The molecule has 0 saturated carbocycles. The smallest absolute Gasteiger partial charge is 0.256 e. The van der Waals surface area contributed by atoms with Crippen LogP contribution in [0.3, 0.4) is 0 Å². The number of carbonyl (C=O) groups is 1. The van der Waals surface area contributed by atoms with Crippen molar-refractivity contribution in [1.82, 2.24) is 4.90 Å². The summed E-state index contributed by atoms with van der Waals surface area (Å²) in [4.78, 5) is 13.4. The Morgan fingerprint density at radius 3 is 2.50 bits per heavy atom. The van der Waals surface area contributed by atoms with Crippen LogP contribution in [0.2, 0.25) is 0 Å². The minimum atomic E-state index is -0.806. The SMILES string of the molecule is CCCN(CC)C(=O)c1ccc(F)cc1F. The Labute approximate surface area is 93.9 Å². The Hall–Kier alpha value is -1.45. The van der Waals surface area contributed by atoms with Crippen LogP contribution in [0, 0.1) is 11.6 Å². The lowest BCUT2D eigenvalue weighted by atomic mass is 10.1. The number of nitrogens with zero attached hydrogens (tertiary/aromatic N) is 1. The number of hydrogen-bond acceptors (Lipinski definition) is 1. The molecule has 0 N–H and O–H groups in total. The predicted octanol–water partition coefficient (Wildman–Crippen LogP) is 2.84. The van der Waals surface area contributed by atoms with Gasteiger partial charge in [0.2, 0.25) is 0 Å². The summed E-state index contributed by atoms with van der Waals surface area (Å²) in [5.41, 5.74) is -0.0725. The Kier molecular flexibility index (Phi) is 4.40. The first-order valence-corrected chi connectivity index (χ1v) is 5.34. The molecule has 0 saturated heterocycles. The van der Waals surface area contributed by atoms with Gasteiger partial charge in [0.05, 0.1) is 5.56 Å². The van der Waals surface area contributed by atoms with Crippen molar-refractivity contribution in [3.8, 4) is 0 Å². The Bertz CT molecular complexity index is 379. The second-order valence-corrected chi connectivity index (χ2v) is 3.51. The van der Waals surface area contributed by atoms with Gasteiger partial charge in [-0.15, -0.1) is 0 Å². The normalized spacial score (nSPS) is 10.2. The highest BCUT2D eigenvalue weighted by Crippen LogP contribution is 2.12. The van der Waals surface area contributed by atoms with E-state index in [0.29, 0.717) is 13.1 Å². The van der Waals surface area contributed by atoms with Crippen LogP contribution in [0.15, 0.2) is 18.2 Å². The molecular formula is C12H15F2NO.